The summed E-state index contributed by atoms with van der Waals surface area (Å²) in [7, 11) is 1.70. The van der Waals surface area contributed by atoms with Gasteiger partial charge in [0.05, 0.1) is 7.11 Å². The molecule has 144 heavy (non-hydrogen) atoms. The second kappa shape index (κ2) is 65.1. The second-order valence-corrected chi connectivity index (χ2v) is 40.0. The number of hydrogen-bond donors (Lipinski definition) is 8. The van der Waals surface area contributed by atoms with Gasteiger partial charge in [-0.05, 0) is 577 Å². The number of benzene rings is 15. The van der Waals surface area contributed by atoms with Crippen LogP contribution in [0.15, 0.2) is 224 Å². The van der Waals surface area contributed by atoms with Crippen molar-refractivity contribution in [3.05, 3.63) is 465 Å². The van der Waals surface area contributed by atoms with Crippen LogP contribution in [0.4, 0.5) is 28.4 Å². The summed E-state index contributed by atoms with van der Waals surface area (Å²) in [6, 6.07) is 72.8. The number of methoxy groups -OCH3 is 1. The van der Waals surface area contributed by atoms with Crippen LogP contribution in [-0.4, -0.2) is 22.4 Å². The van der Waals surface area contributed by atoms with Gasteiger partial charge in [0.1, 0.15) is 23.0 Å². The number of halogens is 7. The molecule has 15 aromatic carbocycles. The van der Waals surface area contributed by atoms with Crippen LogP contribution >= 0.6 is 81.2 Å². The van der Waals surface area contributed by atoms with Crippen molar-refractivity contribution in [2.45, 2.75) is 256 Å². The molecule has 0 radical (unpaired) electrons. The van der Waals surface area contributed by atoms with E-state index in [1.165, 1.54) is 145 Å². The first-order chi connectivity index (χ1) is 66.9. The van der Waals surface area contributed by atoms with E-state index in [9.17, 15) is 5.11 Å². The number of phenolic OH excluding ortho intramolecular Hbond substituents is 3. The van der Waals surface area contributed by atoms with Crippen molar-refractivity contribution in [3.63, 3.8) is 0 Å². The molecule has 0 saturated carbocycles. The minimum atomic E-state index is 0.230. The first-order valence-corrected chi connectivity index (χ1v) is 50.6. The van der Waals surface area contributed by atoms with Gasteiger partial charge in [-0.2, -0.15) is 0 Å². The molecule has 15 aromatic rings. The van der Waals surface area contributed by atoms with E-state index in [-0.39, 0.29) is 5.75 Å². The van der Waals surface area contributed by atoms with Crippen LogP contribution in [0, 0.1) is 256 Å². The average Bonchev–Trinajstić information content (AvgIpc) is 0.854. The van der Waals surface area contributed by atoms with Crippen LogP contribution in [0.1, 0.15) is 206 Å². The molecular formula is C128H164Cl7N5O4. The number of phenols is 3. The largest absolute Gasteiger partial charge is 0.508 e. The number of anilines is 5. The number of ether oxygens (including phenoxy) is 1. The SMILES string of the molecule is COc1cc(C)c(C)c(C)c1.Cc1cc(N)cc(C)c1C.Cc1cc(N)cc(C)c1C.Cc1cc(N)cc(Cl)c1C.Cc1cc(O)cc(C)c1C.Cc1cc(O)cc(Cl)c1C.Cc1ccc(Cl)c(C)c1Cl.Cc1ccc(Cl)c(C)c1Cl.Cc1ccc(Cl)cc1C.Cc1ccc(N)c(C)c1C.Cc1ccc(N)c(C)c1C.Cc1ccc(O)c(C)c1C.Cc1ccccc1C.Cc1ccccc1C.Cc1ccccc1C. The lowest BCUT2D eigenvalue weighted by Gasteiger charge is -2.07. The van der Waals surface area contributed by atoms with E-state index in [0.29, 0.717) is 16.5 Å². The second-order valence-electron chi connectivity index (χ2n) is 37.1. The van der Waals surface area contributed by atoms with Crippen molar-refractivity contribution in [1.29, 1.82) is 0 Å². The predicted molar refractivity (Wildman–Crippen MR) is 641 cm³/mol. The van der Waals surface area contributed by atoms with Crippen LogP contribution < -0.4 is 33.4 Å². The molecule has 0 fully saturated rings. The van der Waals surface area contributed by atoms with E-state index in [1.807, 2.05) is 181 Å². The molecule has 16 heteroatoms. The number of nitrogen functional groups attached to an aromatic ring is 5. The van der Waals surface area contributed by atoms with Gasteiger partial charge in [-0.3, -0.25) is 0 Å². The Morgan fingerprint density at radius 1 is 0.181 bits per heavy atom. The van der Waals surface area contributed by atoms with Crippen molar-refractivity contribution < 1.29 is 20.1 Å². The zero-order chi connectivity index (χ0) is 110. The molecule has 0 unspecified atom stereocenters. The van der Waals surface area contributed by atoms with Gasteiger partial charge in [0, 0.05) is 63.6 Å². The molecule has 0 atom stereocenters. The van der Waals surface area contributed by atoms with Crippen molar-refractivity contribution >= 4 is 110 Å². The van der Waals surface area contributed by atoms with E-state index in [2.05, 4.69) is 263 Å². The molecule has 0 aromatic heterocycles. The third kappa shape index (κ3) is 46.3. The van der Waals surface area contributed by atoms with Crippen molar-refractivity contribution in [2.24, 2.45) is 0 Å². The summed E-state index contributed by atoms with van der Waals surface area (Å²) < 4.78 is 5.13. The van der Waals surface area contributed by atoms with Gasteiger partial charge in [0.15, 0.2) is 0 Å². The molecule has 0 aliphatic carbocycles. The first kappa shape index (κ1) is 131. The first-order valence-electron chi connectivity index (χ1n) is 48.0. The molecule has 0 spiro atoms. The molecule has 13 N–H and O–H groups in total. The zero-order valence-corrected chi connectivity index (χ0v) is 98.4. The smallest absolute Gasteiger partial charge is 0.119 e. The van der Waals surface area contributed by atoms with Crippen molar-refractivity contribution in [1.82, 2.24) is 0 Å². The summed E-state index contributed by atoms with van der Waals surface area (Å²) in [5.74, 6) is 1.93. The molecule has 9 nitrogen and oxygen atoms in total. The number of rotatable bonds is 1. The van der Waals surface area contributed by atoms with E-state index in [1.54, 1.807) is 43.5 Å². The topological polar surface area (TPSA) is 200 Å². The Bertz CT molecular complexity index is 5570. The highest BCUT2D eigenvalue weighted by Crippen LogP contribution is 2.32. The molecule has 0 amide bonds. The van der Waals surface area contributed by atoms with Gasteiger partial charge >= 0.3 is 0 Å². The molecule has 0 saturated heterocycles. The monoisotopic (exact) mass is 2080 g/mol. The Balaban J connectivity index is 0.000000772. The van der Waals surface area contributed by atoms with Gasteiger partial charge in [-0.1, -0.05) is 190 Å². The Hall–Kier alpha value is -11.5. The maximum absolute atomic E-state index is 9.22. The van der Waals surface area contributed by atoms with Crippen LogP contribution in [0.3, 0.4) is 0 Å². The highest BCUT2D eigenvalue weighted by Gasteiger charge is 2.09. The molecular weight excluding hydrogens is 1920 g/mol. The Labute approximate surface area is 902 Å². The lowest BCUT2D eigenvalue weighted by molar-refractivity contribution is 0.414. The number of aromatic hydroxyl groups is 3. The molecule has 0 aliphatic rings. The van der Waals surface area contributed by atoms with Gasteiger partial charge in [0.2, 0.25) is 0 Å². The molecule has 0 bridgehead atoms. The summed E-state index contributed by atoms with van der Waals surface area (Å²) in [5, 5.41) is 32.6. The van der Waals surface area contributed by atoms with Crippen LogP contribution in [0.5, 0.6) is 23.0 Å². The molecule has 15 rings (SSSR count). The van der Waals surface area contributed by atoms with Gasteiger partial charge in [0.25, 0.3) is 0 Å². The maximum Gasteiger partial charge on any atom is 0.119 e. The fourth-order valence-corrected chi connectivity index (χ4v) is 14.6. The summed E-state index contributed by atoms with van der Waals surface area (Å²) in [4.78, 5) is 0. The Kier molecular flexibility index (Phi) is 59.0. The summed E-state index contributed by atoms with van der Waals surface area (Å²) in [6.45, 7) is 75.9. The quantitative estimate of drug-likeness (QED) is 0.0737. The number of hydrogen-bond acceptors (Lipinski definition) is 9. The average molecular weight is 2080 g/mol. The van der Waals surface area contributed by atoms with Crippen LogP contribution in [0.25, 0.3) is 0 Å². The van der Waals surface area contributed by atoms with E-state index >= 15 is 0 Å². The fraction of sp³-hybridized carbons (Fsp3) is 0.297. The number of aryl methyl sites for hydroxylation is 23. The lowest BCUT2D eigenvalue weighted by Crippen LogP contribution is -1.93. The van der Waals surface area contributed by atoms with E-state index in [4.69, 9.17) is 125 Å². The third-order valence-corrected chi connectivity index (χ3v) is 29.2. The van der Waals surface area contributed by atoms with Gasteiger partial charge in [-0.15, -0.1) is 0 Å². The van der Waals surface area contributed by atoms with Gasteiger partial charge < -0.3 is 48.7 Å². The lowest BCUT2D eigenvalue weighted by atomic mass is 10.0. The summed E-state index contributed by atoms with van der Waals surface area (Å²) in [6.07, 6.45) is 0. The Morgan fingerprint density at radius 3 is 0.674 bits per heavy atom. The highest BCUT2D eigenvalue weighted by atomic mass is 35.5. The van der Waals surface area contributed by atoms with Crippen LogP contribution in [0.2, 0.25) is 35.2 Å². The number of nitrogens with two attached hydrogens (primary N) is 5. The van der Waals surface area contributed by atoms with Crippen molar-refractivity contribution in [3.8, 4) is 23.0 Å². The molecule has 0 heterocycles. The summed E-state index contributed by atoms with van der Waals surface area (Å²) >= 11 is 40.7. The maximum atomic E-state index is 9.22. The van der Waals surface area contributed by atoms with E-state index in [0.717, 1.165) is 126 Å². The van der Waals surface area contributed by atoms with Crippen molar-refractivity contribution in [2.75, 3.05) is 35.8 Å². The standard InChI is InChI=1S/C10H14O.4C9H13N.2C9H12O.2C8H8Cl2.C8H10ClN.C8H9ClO.C8H9Cl.3C8H10/c1-7-5-10(11-4)6-8(2)9(7)3;2*1-6-4-9(10)5-7(2)8(6)3;2*1-6-4-5-9(10)8(3)7(6)2;1-6-4-9(10)5-7(2)8(6)3;1-6-4-5-9(10)8(3)7(6)2;2*1-5-3-4-7(9)6(2)8(5)10;2*1-5-3-7(10)4-8(9)6(5)2;1-6-3-4-8(9)5-7(6)2;3*1-7-5-3-4-6-8(7)2/h5-6H,1-4H3;4*4-5H,10H2,1-3H3;2*4-5,10H,1-3H3;2*3-4H,1-2H3;3-4H,10H2,1-2H3;3-4,10H,1-2H3;3-5H,1-2H3;3*3-6H,1-2H3. The fourth-order valence-electron chi connectivity index (χ4n) is 13.1. The zero-order valence-electron chi connectivity index (χ0n) is 93.1. The highest BCUT2D eigenvalue weighted by molar-refractivity contribution is 6.37. The van der Waals surface area contributed by atoms with Gasteiger partial charge in [-0.25, -0.2) is 0 Å². The minimum absolute atomic E-state index is 0.230. The predicted octanol–water partition coefficient (Wildman–Crippen LogP) is 38.3. The summed E-state index contributed by atoms with van der Waals surface area (Å²) in [5.41, 5.74) is 77.9. The normalized spacial score (nSPS) is 9.78. The minimum Gasteiger partial charge on any atom is -0.508 e. The third-order valence-electron chi connectivity index (χ3n) is 26.2. The Morgan fingerprint density at radius 2 is 0.417 bits per heavy atom. The molecule has 774 valence electrons. The van der Waals surface area contributed by atoms with Crippen LogP contribution in [-0.2, 0) is 0 Å². The van der Waals surface area contributed by atoms with E-state index < -0.39 is 0 Å². The molecule has 0 aliphatic heterocycles.